The number of hydrogen-bond acceptors (Lipinski definition) is 7. The maximum atomic E-state index is 12.9. The van der Waals surface area contributed by atoms with Crippen LogP contribution in [-0.2, 0) is 11.3 Å². The summed E-state index contributed by atoms with van der Waals surface area (Å²) >= 11 is 0. The van der Waals surface area contributed by atoms with Crippen LogP contribution in [0.5, 0.6) is 11.5 Å². The van der Waals surface area contributed by atoms with E-state index in [0.717, 1.165) is 41.4 Å². The Hall–Kier alpha value is -3.36. The van der Waals surface area contributed by atoms with Crippen molar-refractivity contribution >= 4 is 5.91 Å². The molecule has 2 aromatic carbocycles. The van der Waals surface area contributed by atoms with Gasteiger partial charge in [-0.05, 0) is 55.8 Å². The zero-order valence-electron chi connectivity index (χ0n) is 19.9. The van der Waals surface area contributed by atoms with E-state index < -0.39 is 0 Å². The van der Waals surface area contributed by atoms with Gasteiger partial charge in [0, 0.05) is 25.2 Å². The summed E-state index contributed by atoms with van der Waals surface area (Å²) in [4.78, 5) is 15.2. The first-order valence-corrected chi connectivity index (χ1v) is 11.4. The zero-order valence-corrected chi connectivity index (χ0v) is 19.9. The molecule has 1 amide bonds. The predicted molar refractivity (Wildman–Crippen MR) is 127 cm³/mol. The SMILES string of the molecule is COc1ccc([C@@H](CNC(=O)c2ccc(OCc3c(C)noc3C)cc2)N2CCOCC2)cc1. The fraction of sp³-hybridized carbons (Fsp3) is 0.385. The summed E-state index contributed by atoms with van der Waals surface area (Å²) in [6.07, 6.45) is 0. The Morgan fingerprint density at radius 3 is 2.35 bits per heavy atom. The molecule has 0 radical (unpaired) electrons. The van der Waals surface area contributed by atoms with Crippen LogP contribution in [0.3, 0.4) is 0 Å². The second-order valence-corrected chi connectivity index (χ2v) is 8.26. The van der Waals surface area contributed by atoms with Crippen LogP contribution in [0.15, 0.2) is 53.1 Å². The van der Waals surface area contributed by atoms with E-state index in [1.807, 2.05) is 26.0 Å². The predicted octanol–water partition coefficient (Wildman–Crippen LogP) is 3.68. The molecule has 1 aliphatic heterocycles. The van der Waals surface area contributed by atoms with Gasteiger partial charge in [0.2, 0.25) is 0 Å². The smallest absolute Gasteiger partial charge is 0.251 e. The van der Waals surface area contributed by atoms with E-state index in [-0.39, 0.29) is 11.9 Å². The van der Waals surface area contributed by atoms with Gasteiger partial charge in [-0.15, -0.1) is 0 Å². The lowest BCUT2D eigenvalue weighted by molar-refractivity contribution is 0.0162. The van der Waals surface area contributed by atoms with E-state index >= 15 is 0 Å². The molecule has 8 nitrogen and oxygen atoms in total. The molecular formula is C26H31N3O5. The Morgan fingerprint density at radius 2 is 1.74 bits per heavy atom. The summed E-state index contributed by atoms with van der Waals surface area (Å²) in [6.45, 7) is 7.64. The lowest BCUT2D eigenvalue weighted by atomic mass is 10.0. The molecule has 0 aliphatic carbocycles. The number of rotatable bonds is 9. The molecule has 180 valence electrons. The molecule has 3 aromatic rings. The molecule has 4 rings (SSSR count). The Labute approximate surface area is 199 Å². The van der Waals surface area contributed by atoms with Crippen molar-refractivity contribution in [3.05, 3.63) is 76.7 Å². The number of aromatic nitrogens is 1. The Balaban J connectivity index is 1.37. The highest BCUT2D eigenvalue weighted by Crippen LogP contribution is 2.24. The number of aryl methyl sites for hydroxylation is 2. The standard InChI is InChI=1S/C26H31N3O5/c1-18-24(19(2)34-28-18)17-33-23-10-6-21(7-11-23)26(30)27-16-25(29-12-14-32-15-13-29)20-4-8-22(31-3)9-5-20/h4-11,25H,12-17H2,1-3H3,(H,27,30)/t25-/m1/s1. The van der Waals surface area contributed by atoms with Crippen LogP contribution >= 0.6 is 0 Å². The molecule has 1 aromatic heterocycles. The van der Waals surface area contributed by atoms with Gasteiger partial charge in [0.1, 0.15) is 23.9 Å². The van der Waals surface area contributed by atoms with Crippen LogP contribution in [0.25, 0.3) is 0 Å². The molecule has 1 atom stereocenters. The van der Waals surface area contributed by atoms with Gasteiger partial charge in [0.05, 0.1) is 37.6 Å². The highest BCUT2D eigenvalue weighted by molar-refractivity contribution is 5.94. The Kier molecular flexibility index (Phi) is 7.82. The molecule has 1 aliphatic rings. The highest BCUT2D eigenvalue weighted by atomic mass is 16.5. The number of benzene rings is 2. The van der Waals surface area contributed by atoms with E-state index in [1.54, 1.807) is 31.4 Å². The minimum absolute atomic E-state index is 0.0522. The normalized spacial score (nSPS) is 15.0. The molecular weight excluding hydrogens is 434 g/mol. The van der Waals surface area contributed by atoms with Gasteiger partial charge in [0.15, 0.2) is 0 Å². The molecule has 0 bridgehead atoms. The molecule has 1 fully saturated rings. The summed E-state index contributed by atoms with van der Waals surface area (Å²) in [7, 11) is 1.65. The van der Waals surface area contributed by atoms with Crippen LogP contribution in [0.4, 0.5) is 0 Å². The lowest BCUT2D eigenvalue weighted by Gasteiger charge is -2.35. The number of nitrogens with zero attached hydrogens (tertiary/aromatic N) is 2. The molecule has 0 saturated carbocycles. The van der Waals surface area contributed by atoms with E-state index in [1.165, 1.54) is 0 Å². The van der Waals surface area contributed by atoms with Gasteiger partial charge in [-0.2, -0.15) is 0 Å². The monoisotopic (exact) mass is 465 g/mol. The number of nitrogens with one attached hydrogen (secondary N) is 1. The van der Waals surface area contributed by atoms with Crippen LogP contribution in [-0.4, -0.2) is 55.9 Å². The first-order chi connectivity index (χ1) is 16.5. The molecule has 0 unspecified atom stereocenters. The summed E-state index contributed by atoms with van der Waals surface area (Å²) in [5, 5.41) is 7.04. The van der Waals surface area contributed by atoms with Gasteiger partial charge in [-0.3, -0.25) is 9.69 Å². The molecule has 1 N–H and O–H groups in total. The van der Waals surface area contributed by atoms with Crippen molar-refractivity contribution in [2.24, 2.45) is 0 Å². The number of ether oxygens (including phenoxy) is 3. The lowest BCUT2D eigenvalue weighted by Crippen LogP contribution is -2.43. The second kappa shape index (κ2) is 11.2. The van der Waals surface area contributed by atoms with Gasteiger partial charge in [-0.25, -0.2) is 0 Å². The summed E-state index contributed by atoms with van der Waals surface area (Å²) in [6, 6.07) is 15.2. The van der Waals surface area contributed by atoms with Gasteiger partial charge in [0.25, 0.3) is 5.91 Å². The Morgan fingerprint density at radius 1 is 1.06 bits per heavy atom. The highest BCUT2D eigenvalue weighted by Gasteiger charge is 2.23. The molecule has 2 heterocycles. The van der Waals surface area contributed by atoms with Crippen molar-refractivity contribution in [1.82, 2.24) is 15.4 Å². The first-order valence-electron chi connectivity index (χ1n) is 11.4. The fourth-order valence-electron chi connectivity index (χ4n) is 4.03. The van der Waals surface area contributed by atoms with Crippen LogP contribution < -0.4 is 14.8 Å². The minimum atomic E-state index is -0.121. The number of methoxy groups -OCH3 is 1. The number of morpholine rings is 1. The maximum absolute atomic E-state index is 12.9. The van der Waals surface area contributed by atoms with E-state index in [4.69, 9.17) is 18.7 Å². The number of amides is 1. The van der Waals surface area contributed by atoms with Gasteiger partial charge >= 0.3 is 0 Å². The van der Waals surface area contributed by atoms with Gasteiger partial charge in [-0.1, -0.05) is 17.3 Å². The summed E-state index contributed by atoms with van der Waals surface area (Å²) in [5.41, 5.74) is 3.47. The number of hydrogen-bond donors (Lipinski definition) is 1. The summed E-state index contributed by atoms with van der Waals surface area (Å²) in [5.74, 6) is 2.12. The quantitative estimate of drug-likeness (QED) is 0.516. The fourth-order valence-corrected chi connectivity index (χ4v) is 4.03. The first kappa shape index (κ1) is 23.8. The molecule has 8 heteroatoms. The third-order valence-electron chi connectivity index (χ3n) is 6.12. The number of carbonyl (C=O) groups excluding carboxylic acids is 1. The maximum Gasteiger partial charge on any atom is 0.251 e. The van der Waals surface area contributed by atoms with E-state index in [9.17, 15) is 4.79 Å². The van der Waals surface area contributed by atoms with Crippen LogP contribution in [0.2, 0.25) is 0 Å². The van der Waals surface area contributed by atoms with Crippen molar-refractivity contribution in [1.29, 1.82) is 0 Å². The largest absolute Gasteiger partial charge is 0.497 e. The van der Waals surface area contributed by atoms with Crippen molar-refractivity contribution in [2.45, 2.75) is 26.5 Å². The van der Waals surface area contributed by atoms with Crippen LogP contribution in [0, 0.1) is 13.8 Å². The van der Waals surface area contributed by atoms with Crippen molar-refractivity contribution in [3.63, 3.8) is 0 Å². The second-order valence-electron chi connectivity index (χ2n) is 8.26. The zero-order chi connectivity index (χ0) is 23.9. The van der Waals surface area contributed by atoms with Crippen molar-refractivity contribution in [2.75, 3.05) is 40.0 Å². The molecule has 1 saturated heterocycles. The van der Waals surface area contributed by atoms with Crippen molar-refractivity contribution in [3.8, 4) is 11.5 Å². The Bertz CT molecular complexity index is 1050. The molecule has 34 heavy (non-hydrogen) atoms. The third kappa shape index (κ3) is 5.76. The number of carbonyl (C=O) groups is 1. The van der Waals surface area contributed by atoms with E-state index in [0.29, 0.717) is 37.7 Å². The minimum Gasteiger partial charge on any atom is -0.497 e. The topological polar surface area (TPSA) is 86.1 Å². The average Bonchev–Trinajstić information content (AvgIpc) is 3.21. The third-order valence-corrected chi connectivity index (χ3v) is 6.12. The average molecular weight is 466 g/mol. The van der Waals surface area contributed by atoms with Crippen LogP contribution in [0.1, 0.15) is 39.0 Å². The van der Waals surface area contributed by atoms with Gasteiger partial charge < -0.3 is 24.1 Å². The van der Waals surface area contributed by atoms with Crippen molar-refractivity contribution < 1.29 is 23.5 Å². The summed E-state index contributed by atoms with van der Waals surface area (Å²) < 4.78 is 21.8. The molecule has 0 spiro atoms. The van der Waals surface area contributed by atoms with E-state index in [2.05, 4.69) is 27.5 Å².